The zero-order chi connectivity index (χ0) is 17.7. The lowest BCUT2D eigenvalue weighted by Gasteiger charge is -2.10. The van der Waals surface area contributed by atoms with Gasteiger partial charge >= 0.3 is 11.7 Å². The summed E-state index contributed by atoms with van der Waals surface area (Å²) < 4.78 is 10.4. The maximum Gasteiger partial charge on any atom is 0.336 e. The number of fused-ring (bicyclic) bond motifs is 1. The minimum Gasteiger partial charge on any atom is -0.484 e. The molecule has 2 N–H and O–H groups in total. The second-order valence-electron chi connectivity index (χ2n) is 5.85. The molecule has 0 aliphatic carbocycles. The predicted molar refractivity (Wildman–Crippen MR) is 89.1 cm³/mol. The molecule has 0 saturated heterocycles. The van der Waals surface area contributed by atoms with Crippen LogP contribution in [0.5, 0.6) is 5.75 Å². The fourth-order valence-electron chi connectivity index (χ4n) is 2.05. The maximum absolute atomic E-state index is 11.7. The van der Waals surface area contributed by atoms with Crippen molar-refractivity contribution in [2.24, 2.45) is 5.92 Å². The average molecular weight is 332 g/mol. The highest BCUT2D eigenvalue weighted by atomic mass is 16.5. The molecule has 0 atom stereocenters. The SMILES string of the molecule is Cc1cc(=O)oc2cc(OCC(=O)NC(=O)NCC(C)C)ccc12. The molecule has 0 radical (unpaired) electrons. The first-order valence-electron chi connectivity index (χ1n) is 7.60. The average Bonchev–Trinajstić information content (AvgIpc) is 2.50. The molecule has 2 aromatic rings. The Morgan fingerprint density at radius 3 is 2.71 bits per heavy atom. The number of rotatable bonds is 5. The lowest BCUT2D eigenvalue weighted by molar-refractivity contribution is -0.122. The summed E-state index contributed by atoms with van der Waals surface area (Å²) in [4.78, 5) is 34.5. The van der Waals surface area contributed by atoms with E-state index in [4.69, 9.17) is 9.15 Å². The van der Waals surface area contributed by atoms with Crippen molar-refractivity contribution in [1.82, 2.24) is 10.6 Å². The Morgan fingerprint density at radius 1 is 1.25 bits per heavy atom. The van der Waals surface area contributed by atoms with Gasteiger partial charge in [0.15, 0.2) is 6.61 Å². The Bertz CT molecular complexity index is 810. The number of carbonyl (C=O) groups is 2. The van der Waals surface area contributed by atoms with Crippen LogP contribution < -0.4 is 21.0 Å². The number of aryl methyl sites for hydroxylation is 1. The first-order chi connectivity index (χ1) is 11.3. The van der Waals surface area contributed by atoms with Crippen LogP contribution in [-0.2, 0) is 4.79 Å². The third kappa shape index (κ3) is 4.84. The van der Waals surface area contributed by atoms with E-state index in [-0.39, 0.29) is 12.5 Å². The second-order valence-corrected chi connectivity index (χ2v) is 5.85. The molecule has 1 aromatic carbocycles. The number of hydrogen-bond acceptors (Lipinski definition) is 5. The molecule has 7 heteroatoms. The van der Waals surface area contributed by atoms with Gasteiger partial charge in [0.1, 0.15) is 11.3 Å². The van der Waals surface area contributed by atoms with Gasteiger partial charge < -0.3 is 14.5 Å². The Balaban J connectivity index is 1.94. The molecule has 0 aliphatic rings. The Hall–Kier alpha value is -2.83. The summed E-state index contributed by atoms with van der Waals surface area (Å²) in [6.07, 6.45) is 0. The van der Waals surface area contributed by atoms with Crippen molar-refractivity contribution in [3.63, 3.8) is 0 Å². The first kappa shape index (κ1) is 17.5. The summed E-state index contributed by atoms with van der Waals surface area (Å²) in [5, 5.41) is 5.54. The summed E-state index contributed by atoms with van der Waals surface area (Å²) in [7, 11) is 0. The van der Waals surface area contributed by atoms with Crippen LogP contribution >= 0.6 is 0 Å². The van der Waals surface area contributed by atoms with E-state index in [1.807, 2.05) is 20.8 Å². The van der Waals surface area contributed by atoms with Gasteiger partial charge in [-0.1, -0.05) is 13.8 Å². The largest absolute Gasteiger partial charge is 0.484 e. The van der Waals surface area contributed by atoms with Crippen LogP contribution in [0.2, 0.25) is 0 Å². The normalized spacial score (nSPS) is 10.7. The number of amides is 3. The molecule has 0 bridgehead atoms. The molecule has 1 heterocycles. The van der Waals surface area contributed by atoms with E-state index >= 15 is 0 Å². The van der Waals surface area contributed by atoms with Crippen LogP contribution in [0.15, 0.2) is 33.5 Å². The lowest BCUT2D eigenvalue weighted by atomic mass is 10.1. The topological polar surface area (TPSA) is 97.6 Å². The van der Waals surface area contributed by atoms with Gasteiger partial charge in [-0.15, -0.1) is 0 Å². The molecule has 3 amide bonds. The fraction of sp³-hybridized carbons (Fsp3) is 0.353. The second kappa shape index (κ2) is 7.63. The van der Waals surface area contributed by atoms with Gasteiger partial charge in [-0.25, -0.2) is 9.59 Å². The molecular formula is C17H20N2O5. The number of benzene rings is 1. The van der Waals surface area contributed by atoms with Gasteiger partial charge in [0.25, 0.3) is 5.91 Å². The van der Waals surface area contributed by atoms with E-state index in [1.165, 1.54) is 12.1 Å². The van der Waals surface area contributed by atoms with Crippen LogP contribution in [0, 0.1) is 12.8 Å². The maximum atomic E-state index is 11.7. The van der Waals surface area contributed by atoms with E-state index in [1.54, 1.807) is 12.1 Å². The quantitative estimate of drug-likeness (QED) is 0.816. The molecule has 0 aliphatic heterocycles. The summed E-state index contributed by atoms with van der Waals surface area (Å²) >= 11 is 0. The molecule has 0 unspecified atom stereocenters. The van der Waals surface area contributed by atoms with Crippen LogP contribution in [0.25, 0.3) is 11.0 Å². The zero-order valence-corrected chi connectivity index (χ0v) is 13.8. The molecule has 128 valence electrons. The minimum atomic E-state index is -0.568. The highest BCUT2D eigenvalue weighted by molar-refractivity contribution is 5.95. The number of urea groups is 1. The minimum absolute atomic E-state index is 0.290. The zero-order valence-electron chi connectivity index (χ0n) is 13.8. The fourth-order valence-corrected chi connectivity index (χ4v) is 2.05. The third-order valence-corrected chi connectivity index (χ3v) is 3.22. The number of ether oxygens (including phenoxy) is 1. The van der Waals surface area contributed by atoms with Gasteiger partial charge in [-0.05, 0) is 30.5 Å². The van der Waals surface area contributed by atoms with Gasteiger partial charge in [-0.3, -0.25) is 10.1 Å². The Kier molecular flexibility index (Phi) is 5.57. The summed E-state index contributed by atoms with van der Waals surface area (Å²) in [5.41, 5.74) is 0.733. The number of imide groups is 1. The van der Waals surface area contributed by atoms with Crippen molar-refractivity contribution in [2.45, 2.75) is 20.8 Å². The Morgan fingerprint density at radius 2 is 2.00 bits per heavy atom. The van der Waals surface area contributed by atoms with Crippen molar-refractivity contribution in [1.29, 1.82) is 0 Å². The molecular weight excluding hydrogens is 312 g/mol. The Labute approximate surface area is 139 Å². The van der Waals surface area contributed by atoms with E-state index in [0.717, 1.165) is 10.9 Å². The highest BCUT2D eigenvalue weighted by Gasteiger charge is 2.10. The van der Waals surface area contributed by atoms with Crippen LogP contribution in [0.3, 0.4) is 0 Å². The summed E-state index contributed by atoms with van der Waals surface area (Å²) in [6.45, 7) is 5.86. The molecule has 2 rings (SSSR count). The van der Waals surface area contributed by atoms with E-state index in [2.05, 4.69) is 10.6 Å². The smallest absolute Gasteiger partial charge is 0.336 e. The molecule has 7 nitrogen and oxygen atoms in total. The summed E-state index contributed by atoms with van der Waals surface area (Å²) in [6, 6.07) is 5.80. The van der Waals surface area contributed by atoms with Crippen molar-refractivity contribution in [3.8, 4) is 5.75 Å². The molecule has 0 saturated carbocycles. The highest BCUT2D eigenvalue weighted by Crippen LogP contribution is 2.22. The summed E-state index contributed by atoms with van der Waals surface area (Å²) in [5.74, 6) is 0.0915. The van der Waals surface area contributed by atoms with Gasteiger partial charge in [0, 0.05) is 24.1 Å². The molecule has 1 aromatic heterocycles. The van der Waals surface area contributed by atoms with Crippen LogP contribution in [0.4, 0.5) is 4.79 Å². The van der Waals surface area contributed by atoms with E-state index in [9.17, 15) is 14.4 Å². The number of nitrogens with one attached hydrogen (secondary N) is 2. The third-order valence-electron chi connectivity index (χ3n) is 3.22. The molecule has 0 spiro atoms. The number of hydrogen-bond donors (Lipinski definition) is 2. The van der Waals surface area contributed by atoms with Gasteiger partial charge in [0.2, 0.25) is 0 Å². The standard InChI is InChI=1S/C17H20N2O5/c1-10(2)8-18-17(22)19-15(20)9-23-12-4-5-13-11(3)6-16(21)24-14(13)7-12/h4-7,10H,8-9H2,1-3H3,(H2,18,19,20,22). The van der Waals surface area contributed by atoms with Gasteiger partial charge in [-0.2, -0.15) is 0 Å². The van der Waals surface area contributed by atoms with Crippen LogP contribution in [0.1, 0.15) is 19.4 Å². The van der Waals surface area contributed by atoms with Gasteiger partial charge in [0.05, 0.1) is 0 Å². The molecule has 24 heavy (non-hydrogen) atoms. The van der Waals surface area contributed by atoms with Crippen molar-refractivity contribution in [3.05, 3.63) is 40.2 Å². The molecule has 0 fully saturated rings. The van der Waals surface area contributed by atoms with E-state index in [0.29, 0.717) is 17.9 Å². The van der Waals surface area contributed by atoms with Crippen LogP contribution in [-0.4, -0.2) is 25.1 Å². The van der Waals surface area contributed by atoms with Crippen molar-refractivity contribution in [2.75, 3.05) is 13.2 Å². The number of carbonyl (C=O) groups excluding carboxylic acids is 2. The first-order valence-corrected chi connectivity index (χ1v) is 7.60. The van der Waals surface area contributed by atoms with E-state index < -0.39 is 17.6 Å². The predicted octanol–water partition coefficient (Wildman–Crippen LogP) is 1.96. The lowest BCUT2D eigenvalue weighted by Crippen LogP contribution is -2.42. The van der Waals surface area contributed by atoms with Crippen molar-refractivity contribution < 1.29 is 18.7 Å². The van der Waals surface area contributed by atoms with Crippen molar-refractivity contribution >= 4 is 22.9 Å². The monoisotopic (exact) mass is 332 g/mol.